The number of rotatable bonds is 2. The van der Waals surface area contributed by atoms with Crippen molar-refractivity contribution in [2.75, 3.05) is 0 Å². The van der Waals surface area contributed by atoms with E-state index in [1.54, 1.807) is 0 Å². The summed E-state index contributed by atoms with van der Waals surface area (Å²) < 4.78 is 0. The Morgan fingerprint density at radius 3 is 0.590 bits per heavy atom. The van der Waals surface area contributed by atoms with Gasteiger partial charge in [0.2, 0.25) is 0 Å². The van der Waals surface area contributed by atoms with Crippen molar-refractivity contribution < 1.29 is 0 Å². The summed E-state index contributed by atoms with van der Waals surface area (Å²) in [7, 11) is 0. The Kier molecular flexibility index (Phi) is 8.43. The molecule has 220 valence electrons. The second kappa shape index (κ2) is 9.77. The van der Waals surface area contributed by atoms with Gasteiger partial charge < -0.3 is 0 Å². The van der Waals surface area contributed by atoms with Crippen LogP contribution in [0, 0.1) is 0 Å². The van der Waals surface area contributed by atoms with Gasteiger partial charge in [-0.15, -0.1) is 0 Å². The smallest absolute Gasteiger partial charge is 0.0158 e. The molecular weight excluding hydrogens is 468 g/mol. The number of benzene rings is 2. The summed E-state index contributed by atoms with van der Waals surface area (Å²) in [6.45, 7) is 48.3. The zero-order valence-electron chi connectivity index (χ0n) is 29.8. The molecule has 0 bridgehead atoms. The van der Waals surface area contributed by atoms with Crippen LogP contribution in [-0.4, -0.2) is 0 Å². The van der Waals surface area contributed by atoms with E-state index in [0.717, 1.165) is 0 Å². The highest BCUT2D eigenvalue weighted by Crippen LogP contribution is 2.52. The molecule has 0 atom stereocenters. The highest BCUT2D eigenvalue weighted by atomic mass is 14.5. The summed E-state index contributed by atoms with van der Waals surface area (Å²) in [6, 6.07) is 9.82. The van der Waals surface area contributed by atoms with Crippen LogP contribution < -0.4 is 0 Å². The van der Waals surface area contributed by atoms with Crippen LogP contribution in [0.1, 0.15) is 183 Å². The Labute approximate surface area is 244 Å². The molecule has 0 aromatic heterocycles. The zero-order chi connectivity index (χ0) is 30.9. The lowest BCUT2D eigenvalue weighted by molar-refractivity contribution is 0.463. The fourth-order valence-electron chi connectivity index (χ4n) is 6.69. The van der Waals surface area contributed by atoms with Gasteiger partial charge in [-0.05, 0) is 77.0 Å². The van der Waals surface area contributed by atoms with E-state index < -0.39 is 0 Å². The van der Waals surface area contributed by atoms with E-state index in [9.17, 15) is 0 Å². The molecular formula is C39H64. The minimum atomic E-state index is -0.209. The van der Waals surface area contributed by atoms with Gasteiger partial charge in [-0.2, -0.15) is 0 Å². The Morgan fingerprint density at radius 2 is 0.436 bits per heavy atom. The molecule has 0 fully saturated rings. The van der Waals surface area contributed by atoms with Crippen molar-refractivity contribution in [2.45, 2.75) is 176 Å². The quantitative estimate of drug-likeness (QED) is 0.361. The molecule has 2 aromatic carbocycles. The van der Waals surface area contributed by atoms with Crippen LogP contribution in [0.25, 0.3) is 0 Å². The first-order valence-electron chi connectivity index (χ1n) is 15.3. The normalized spacial score (nSPS) is 14.7. The Balaban J connectivity index is 3.45. The van der Waals surface area contributed by atoms with Gasteiger partial charge >= 0.3 is 0 Å². The van der Waals surface area contributed by atoms with Crippen molar-refractivity contribution in [3.8, 4) is 0 Å². The lowest BCUT2D eigenvalue weighted by Gasteiger charge is -2.46. The largest absolute Gasteiger partial charge is 0.0579 e. The van der Waals surface area contributed by atoms with Crippen LogP contribution in [0.5, 0.6) is 0 Å². The van der Waals surface area contributed by atoms with Gasteiger partial charge in [0.15, 0.2) is 0 Å². The third-order valence-electron chi connectivity index (χ3n) is 8.39. The molecule has 2 rings (SSSR count). The molecule has 0 radical (unpaired) electrons. The molecule has 0 saturated heterocycles. The standard InChI is InChI=1S/C39H64/c1-33(2,3)25-21-23-27(35(7,8)9)31(29(25)37(13,14)15)39(19,20)32-28(36(10,11)12)24-22-26(34(4,5)6)30(32)38(16,17)18/h21-24H,1-20H3. The average Bonchev–Trinajstić information content (AvgIpc) is 2.67. The maximum absolute atomic E-state index is 2.53. The van der Waals surface area contributed by atoms with Crippen LogP contribution in [-0.2, 0) is 37.9 Å². The molecule has 0 saturated carbocycles. The minimum Gasteiger partial charge on any atom is -0.0579 e. The third-order valence-corrected chi connectivity index (χ3v) is 8.39. The SMILES string of the molecule is CC(C)(C)c1ccc(C(C)(C)C)c(C(C)(C)c2c(C(C)(C)C)ccc(C(C)(C)C)c2C(C)(C)C)c1C(C)(C)C. The molecule has 0 aliphatic carbocycles. The third kappa shape index (κ3) is 6.68. The highest BCUT2D eigenvalue weighted by Gasteiger charge is 2.43. The van der Waals surface area contributed by atoms with Crippen molar-refractivity contribution in [3.05, 3.63) is 68.8 Å². The molecule has 39 heavy (non-hydrogen) atoms. The highest BCUT2D eigenvalue weighted by molar-refractivity contribution is 5.62. The van der Waals surface area contributed by atoms with E-state index in [-0.39, 0.29) is 37.9 Å². The summed E-state index contributed by atoms with van der Waals surface area (Å²) in [5.74, 6) is 0. The molecule has 0 heteroatoms. The second-order valence-electron chi connectivity index (χ2n) is 18.9. The zero-order valence-corrected chi connectivity index (χ0v) is 29.8. The summed E-state index contributed by atoms with van der Waals surface area (Å²) >= 11 is 0. The number of hydrogen-bond acceptors (Lipinski definition) is 0. The predicted molar refractivity (Wildman–Crippen MR) is 177 cm³/mol. The second-order valence-corrected chi connectivity index (χ2v) is 18.9. The van der Waals surface area contributed by atoms with E-state index in [2.05, 4.69) is 163 Å². The molecule has 0 amide bonds. The first-order valence-corrected chi connectivity index (χ1v) is 15.3. The van der Waals surface area contributed by atoms with Crippen LogP contribution in [0.2, 0.25) is 0 Å². The van der Waals surface area contributed by atoms with Crippen LogP contribution in [0.15, 0.2) is 24.3 Å². The lowest BCUT2D eigenvalue weighted by atomic mass is 9.58. The minimum absolute atomic E-state index is 0.00189. The van der Waals surface area contributed by atoms with Crippen LogP contribution in [0.4, 0.5) is 0 Å². The monoisotopic (exact) mass is 533 g/mol. The van der Waals surface area contributed by atoms with E-state index in [0.29, 0.717) is 0 Å². The number of hydrogen-bond donors (Lipinski definition) is 0. The molecule has 0 nitrogen and oxygen atoms in total. The summed E-state index contributed by atoms with van der Waals surface area (Å²) in [4.78, 5) is 0. The van der Waals surface area contributed by atoms with Gasteiger partial charge in [0, 0.05) is 5.41 Å². The van der Waals surface area contributed by atoms with Gasteiger partial charge in [-0.3, -0.25) is 0 Å². The molecule has 0 aliphatic heterocycles. The van der Waals surface area contributed by atoms with Crippen molar-refractivity contribution in [1.29, 1.82) is 0 Å². The summed E-state index contributed by atoms with van der Waals surface area (Å²) in [6.07, 6.45) is 0. The molecule has 0 N–H and O–H groups in total. The Hall–Kier alpha value is -1.56. The summed E-state index contributed by atoms with van der Waals surface area (Å²) in [5, 5.41) is 0. The van der Waals surface area contributed by atoms with Crippen molar-refractivity contribution in [3.63, 3.8) is 0 Å². The summed E-state index contributed by atoms with van der Waals surface area (Å²) in [5.41, 5.74) is 12.0. The van der Waals surface area contributed by atoms with Gasteiger partial charge in [-0.1, -0.05) is 163 Å². The predicted octanol–water partition coefficient (Wildman–Crippen LogP) is 11.8. The maximum atomic E-state index is 2.53. The van der Waals surface area contributed by atoms with Gasteiger partial charge in [-0.25, -0.2) is 0 Å². The van der Waals surface area contributed by atoms with E-state index in [1.807, 2.05) is 0 Å². The van der Waals surface area contributed by atoms with E-state index >= 15 is 0 Å². The van der Waals surface area contributed by atoms with Gasteiger partial charge in [0.25, 0.3) is 0 Å². The Bertz CT molecular complexity index is 1090. The first-order chi connectivity index (χ1) is 16.9. The van der Waals surface area contributed by atoms with Gasteiger partial charge in [0.1, 0.15) is 0 Å². The first kappa shape index (κ1) is 33.6. The van der Waals surface area contributed by atoms with Crippen molar-refractivity contribution in [1.82, 2.24) is 0 Å². The Morgan fingerprint density at radius 1 is 0.256 bits per heavy atom. The van der Waals surface area contributed by atoms with Crippen molar-refractivity contribution >= 4 is 0 Å². The fraction of sp³-hybridized carbons (Fsp3) is 0.692. The average molecular weight is 533 g/mol. The lowest BCUT2D eigenvalue weighted by Crippen LogP contribution is -2.38. The topological polar surface area (TPSA) is 0 Å². The maximum Gasteiger partial charge on any atom is 0.0158 e. The van der Waals surface area contributed by atoms with Crippen LogP contribution in [0.3, 0.4) is 0 Å². The van der Waals surface area contributed by atoms with Crippen LogP contribution >= 0.6 is 0 Å². The van der Waals surface area contributed by atoms with E-state index in [4.69, 9.17) is 0 Å². The fourth-order valence-corrected chi connectivity index (χ4v) is 6.69. The molecule has 0 spiro atoms. The van der Waals surface area contributed by atoms with E-state index in [1.165, 1.54) is 44.5 Å². The van der Waals surface area contributed by atoms with Crippen molar-refractivity contribution in [2.24, 2.45) is 0 Å². The van der Waals surface area contributed by atoms with Gasteiger partial charge in [0.05, 0.1) is 0 Å². The molecule has 0 aliphatic rings. The molecule has 0 heterocycles. The molecule has 2 aromatic rings. The molecule has 0 unspecified atom stereocenters.